The molecule has 0 radical (unpaired) electrons. The summed E-state index contributed by atoms with van der Waals surface area (Å²) in [5, 5.41) is 55.1. The van der Waals surface area contributed by atoms with E-state index in [1.807, 2.05) is 0 Å². The number of nitrogens with two attached hydrogens (primary N) is 1. The van der Waals surface area contributed by atoms with E-state index in [-0.39, 0.29) is 99.8 Å². The van der Waals surface area contributed by atoms with Crippen molar-refractivity contribution < 1.29 is 72.6 Å². The molecule has 11 rings (SSSR count). The molecule has 10 heterocycles. The average molecular weight is 1250 g/mol. The first kappa shape index (κ1) is 57.6. The molecule has 0 saturated carbocycles. The molecule has 0 aliphatic carbocycles. The minimum absolute atomic E-state index is 0.00791. The molecule has 0 unspecified atom stereocenters. The predicted molar refractivity (Wildman–Crippen MR) is 303 cm³/mol. The van der Waals surface area contributed by atoms with Crippen molar-refractivity contribution in [3.63, 3.8) is 0 Å². The van der Waals surface area contributed by atoms with E-state index in [9.17, 15) is 53.7 Å². The number of hydrogen-bond acceptors (Lipinski definition) is 26. The molecular weight excluding hydrogens is 1210 g/mol. The number of primary amides is 1. The average Bonchev–Trinajstić information content (AvgIpc) is 3.41. The van der Waals surface area contributed by atoms with Gasteiger partial charge in [-0.25, -0.2) is 39.5 Å². The van der Waals surface area contributed by atoms with Crippen LogP contribution in [0.2, 0.25) is 0 Å². The van der Waals surface area contributed by atoms with Crippen LogP contribution < -0.4 is 32.3 Å². The van der Waals surface area contributed by atoms with Gasteiger partial charge in [0.05, 0.1) is 25.5 Å². The van der Waals surface area contributed by atoms with E-state index in [4.69, 9.17) is 34.6 Å². The third-order valence-electron chi connectivity index (χ3n) is 13.3. The highest BCUT2D eigenvalue weighted by Gasteiger charge is 2.42. The number of nitrogens with zero attached hydrogens (tertiary/aromatic N) is 6. The highest BCUT2D eigenvalue weighted by Crippen LogP contribution is 2.42. The smallest absolute Gasteiger partial charge is 0.355 e. The molecule has 1 aromatic carbocycles. The van der Waals surface area contributed by atoms with E-state index < -0.39 is 108 Å². The highest BCUT2D eigenvalue weighted by atomic mass is 32.1. The first-order chi connectivity index (χ1) is 40.7. The maximum atomic E-state index is 14.6. The second-order valence-electron chi connectivity index (χ2n) is 18.8. The highest BCUT2D eigenvalue weighted by molar-refractivity contribution is 7.14. The monoisotopic (exact) mass is 1250 g/mol. The first-order valence-electron chi connectivity index (χ1n) is 25.0. The van der Waals surface area contributed by atoms with Gasteiger partial charge in [0.25, 0.3) is 29.5 Å². The number of cyclic esters (lactones) is 2. The summed E-state index contributed by atoms with van der Waals surface area (Å²) in [5.41, 5.74) is 4.83. The molecule has 0 fully saturated rings. The van der Waals surface area contributed by atoms with Gasteiger partial charge in [-0.05, 0) is 31.5 Å². The van der Waals surface area contributed by atoms with Gasteiger partial charge in [0.15, 0.2) is 6.10 Å². The van der Waals surface area contributed by atoms with Crippen molar-refractivity contribution in [3.05, 3.63) is 124 Å². The van der Waals surface area contributed by atoms with Crippen molar-refractivity contribution in [2.75, 3.05) is 13.7 Å². The lowest BCUT2D eigenvalue weighted by Crippen LogP contribution is -2.52. The Kier molecular flexibility index (Phi) is 15.9. The number of nitrogens with one attached hydrogen (secondary N) is 6. The Labute approximate surface area is 497 Å². The number of rotatable bonds is 6. The molecule has 6 atom stereocenters. The fourth-order valence-corrected chi connectivity index (χ4v) is 13.1. The van der Waals surface area contributed by atoms with Crippen LogP contribution in [0.25, 0.3) is 49.3 Å². The molecule has 3 aliphatic rings. The quantitative estimate of drug-likeness (QED) is 0.0648. The van der Waals surface area contributed by atoms with Gasteiger partial charge in [0.2, 0.25) is 5.91 Å². The van der Waals surface area contributed by atoms with Crippen molar-refractivity contribution in [1.29, 1.82) is 0 Å². The number of amides is 6. The van der Waals surface area contributed by atoms with E-state index in [0.717, 1.165) is 56.7 Å². The van der Waals surface area contributed by atoms with Crippen LogP contribution in [0.4, 0.5) is 0 Å². The number of aromatic hydroxyl groups is 1. The molecule has 28 nitrogen and oxygen atoms in total. The summed E-state index contributed by atoms with van der Waals surface area (Å²) in [5.74, 6) is -7.94. The SMILES string of the molecule is C=C(NC(=O)c1csc(-c2nc3c(cc2O)-c2nc(cs2)C(=O)N[C@@H]([C@@H](C)O)C(=O)NC(=C(C)OC)c2nc(cs2)C(=O)N[C@@H]2c4nc(cs4)C(=O)N[C@@H](COC(=O)c4[nH]c5cccc6c5c4CO[C@@H]2[C@H](O)C(=O)OC6)c2nc-3cs2)n1)C(N)=O. The summed E-state index contributed by atoms with van der Waals surface area (Å²) >= 11 is 4.56. The molecule has 436 valence electrons. The molecule has 33 heteroatoms. The number of ether oxygens (including phenoxy) is 4. The van der Waals surface area contributed by atoms with Crippen LogP contribution in [0.5, 0.6) is 5.75 Å². The number of esters is 2. The Bertz CT molecular complexity index is 4140. The Balaban J connectivity index is 1.08. The van der Waals surface area contributed by atoms with E-state index in [0.29, 0.717) is 16.5 Å². The van der Waals surface area contributed by atoms with E-state index in [1.54, 1.807) is 23.6 Å². The Morgan fingerprint density at radius 1 is 0.812 bits per heavy atom. The van der Waals surface area contributed by atoms with Gasteiger partial charge in [0, 0.05) is 48.9 Å². The Hall–Kier alpha value is -9.22. The number of benzene rings is 1. The van der Waals surface area contributed by atoms with Crippen molar-refractivity contribution in [2.45, 2.75) is 63.5 Å². The number of H-pyrrole nitrogens is 1. The number of aromatic amines is 1. The third kappa shape index (κ3) is 11.4. The molecular formula is C52H43N13O15S5. The number of thiazole rings is 5. The number of fused-ring (bicyclic) bond motifs is 15. The normalized spacial score (nSPS) is 20.3. The molecule has 11 N–H and O–H groups in total. The van der Waals surface area contributed by atoms with Crippen molar-refractivity contribution >= 4 is 121 Å². The molecule has 8 aromatic rings. The van der Waals surface area contributed by atoms with E-state index in [2.05, 4.69) is 58.1 Å². The number of aliphatic hydroxyl groups excluding tert-OH is 2. The summed E-state index contributed by atoms with van der Waals surface area (Å²) in [6, 6.07) is 1.77. The van der Waals surface area contributed by atoms with Gasteiger partial charge in [-0.2, -0.15) is 0 Å². The van der Waals surface area contributed by atoms with Gasteiger partial charge in [0.1, 0.15) is 125 Å². The molecule has 0 spiro atoms. The first-order valence-corrected chi connectivity index (χ1v) is 29.4. The second kappa shape index (κ2) is 23.4. The maximum Gasteiger partial charge on any atom is 0.355 e. The molecule has 3 aliphatic heterocycles. The van der Waals surface area contributed by atoms with Crippen molar-refractivity contribution in [1.82, 2.24) is 61.5 Å². The molecule has 85 heavy (non-hydrogen) atoms. The minimum Gasteiger partial charge on any atom is -0.506 e. The fourth-order valence-electron chi connectivity index (χ4n) is 8.96. The zero-order valence-corrected chi connectivity index (χ0v) is 48.1. The number of aliphatic hydroxyl groups is 2. The number of hydrogen-bond donors (Lipinski definition) is 10. The Morgan fingerprint density at radius 3 is 2.24 bits per heavy atom. The van der Waals surface area contributed by atoms with Gasteiger partial charge < -0.3 is 71.6 Å². The number of pyridine rings is 1. The van der Waals surface area contributed by atoms with E-state index in [1.165, 1.54) is 48.5 Å². The van der Waals surface area contributed by atoms with Gasteiger partial charge in [-0.3, -0.25) is 28.8 Å². The summed E-state index contributed by atoms with van der Waals surface area (Å²) < 4.78 is 23.6. The number of carbonyl (C=O) groups excluding carboxylic acids is 8. The summed E-state index contributed by atoms with van der Waals surface area (Å²) in [6.07, 6.45) is -5.41. The lowest BCUT2D eigenvalue weighted by Gasteiger charge is -2.30. The number of carbonyl (C=O) groups is 8. The summed E-state index contributed by atoms with van der Waals surface area (Å²) in [4.78, 5) is 141. The van der Waals surface area contributed by atoms with Crippen LogP contribution in [0.3, 0.4) is 0 Å². The van der Waals surface area contributed by atoms with Crippen LogP contribution in [-0.4, -0.2) is 136 Å². The lowest BCUT2D eigenvalue weighted by molar-refractivity contribution is -0.166. The Morgan fingerprint density at radius 2 is 1.48 bits per heavy atom. The predicted octanol–water partition coefficient (Wildman–Crippen LogP) is 3.34. The number of methoxy groups -OCH3 is 1. The zero-order chi connectivity index (χ0) is 60.1. The van der Waals surface area contributed by atoms with Crippen LogP contribution in [-0.2, 0) is 46.5 Å². The third-order valence-corrected chi connectivity index (χ3v) is 17.8. The summed E-state index contributed by atoms with van der Waals surface area (Å²) in [6.45, 7) is 4.76. The van der Waals surface area contributed by atoms with Gasteiger partial charge >= 0.3 is 11.9 Å². The molecule has 0 saturated heterocycles. The van der Waals surface area contributed by atoms with Crippen molar-refractivity contribution in [2.24, 2.45) is 5.73 Å². The number of allylic oxidation sites excluding steroid dienone is 1. The van der Waals surface area contributed by atoms with Crippen LogP contribution in [0.15, 0.2) is 69.2 Å². The maximum absolute atomic E-state index is 14.6. The standard InChI is InChI=1S/C52H43N13O15S5/c1-17(40(53)69)54-41(70)26-14-84-49(60-26)36-30(67)8-21-34(62-36)25-12-82-47(57-25)24-11-80-51(75)35-22-10-78-39(38(68)52(76)79-9-20-6-5-7-23(55-35)31(20)22)37(50-61-27(15-85-50)42(71)56-24)65-44(73)29-16-83-48(59-29)33(19(3)77-4)64-45(74)32(18(2)66)63-43(72)28-13-81-46(21)58-28/h5-8,12-16,18,24,32,37-39,55,66-68H,1,9-11H2,2-4H3,(H2,53,69)(H,54,70)(H,56,71)(H,63,72)(H,64,74)(H,65,73)/t18-,24+,32+,37+,38+,39+/m1/s1. The van der Waals surface area contributed by atoms with Crippen LogP contribution in [0, 0.1) is 0 Å². The topological polar surface area (TPSA) is 413 Å². The van der Waals surface area contributed by atoms with Crippen LogP contribution >= 0.6 is 56.7 Å². The van der Waals surface area contributed by atoms with Gasteiger partial charge in [-0.1, -0.05) is 18.7 Å². The van der Waals surface area contributed by atoms with Gasteiger partial charge in [-0.15, -0.1) is 56.7 Å². The van der Waals surface area contributed by atoms with Crippen LogP contribution in [0.1, 0.15) is 105 Å². The molecule has 7 aromatic heterocycles. The molecule has 12 bridgehead atoms. The molecule has 6 amide bonds. The fraction of sp³-hybridized carbons (Fsp3) is 0.231. The largest absolute Gasteiger partial charge is 0.506 e. The number of aromatic nitrogens is 7. The minimum atomic E-state index is -2.14. The lowest BCUT2D eigenvalue weighted by atomic mass is 10.0. The second-order valence-corrected chi connectivity index (χ2v) is 23.2. The van der Waals surface area contributed by atoms with Crippen molar-refractivity contribution in [3.8, 4) is 38.4 Å². The zero-order valence-electron chi connectivity index (χ0n) is 44.0. The van der Waals surface area contributed by atoms with E-state index >= 15 is 0 Å². The summed E-state index contributed by atoms with van der Waals surface area (Å²) in [7, 11) is 1.31.